The zero-order valence-corrected chi connectivity index (χ0v) is 22.6. The fourth-order valence-electron chi connectivity index (χ4n) is 4.00. The number of benzene rings is 1. The van der Waals surface area contributed by atoms with Gasteiger partial charge in [-0.25, -0.2) is 9.55 Å². The Balaban J connectivity index is 1.56. The first kappa shape index (κ1) is 28.7. The molecule has 4 rings (SSSR count). The van der Waals surface area contributed by atoms with Crippen LogP contribution in [0.5, 0.6) is 11.8 Å². The number of nitrogen functional groups attached to an aromatic ring is 1. The van der Waals surface area contributed by atoms with Gasteiger partial charge in [0.05, 0.1) is 26.7 Å². The molecule has 3 aromatic rings. The number of carbonyl (C=O) groups excluding carboxylic acids is 1. The van der Waals surface area contributed by atoms with Crippen molar-refractivity contribution >= 4 is 30.7 Å². The first-order valence-corrected chi connectivity index (χ1v) is 13.6. The first-order valence-electron chi connectivity index (χ1n) is 12.0. The van der Waals surface area contributed by atoms with Crippen molar-refractivity contribution in [1.29, 1.82) is 0 Å². The number of esters is 1. The monoisotopic (exact) mass is 566 g/mol. The predicted octanol–water partition coefficient (Wildman–Crippen LogP) is 1.17. The largest absolute Gasteiger partial charge is 0.467 e. The van der Waals surface area contributed by atoms with Gasteiger partial charge in [-0.15, -0.1) is 0 Å². The molecule has 16 heteroatoms. The summed E-state index contributed by atoms with van der Waals surface area (Å²) >= 11 is 0. The minimum absolute atomic E-state index is 0.0272. The van der Waals surface area contributed by atoms with Crippen LogP contribution in [0.3, 0.4) is 0 Å². The van der Waals surface area contributed by atoms with Crippen LogP contribution >= 0.6 is 7.75 Å². The number of methoxy groups -OCH3 is 1. The van der Waals surface area contributed by atoms with Crippen molar-refractivity contribution in [3.05, 3.63) is 36.7 Å². The highest BCUT2D eigenvalue weighted by molar-refractivity contribution is 7.52. The molecule has 6 atom stereocenters. The van der Waals surface area contributed by atoms with Crippen LogP contribution in [0.4, 0.5) is 5.82 Å². The second kappa shape index (κ2) is 11.4. The smallest absolute Gasteiger partial charge is 0.459 e. The van der Waals surface area contributed by atoms with Crippen LogP contribution in [-0.4, -0.2) is 79.9 Å². The topological polar surface area (TPSA) is 202 Å². The molecule has 1 saturated heterocycles. The van der Waals surface area contributed by atoms with Crippen molar-refractivity contribution in [3.8, 4) is 11.8 Å². The zero-order chi connectivity index (χ0) is 28.4. The lowest BCUT2D eigenvalue weighted by Gasteiger charge is -2.27. The van der Waals surface area contributed by atoms with Crippen molar-refractivity contribution in [2.45, 2.75) is 50.8 Å². The van der Waals surface area contributed by atoms with Crippen LogP contribution < -0.4 is 20.1 Å². The third-order valence-corrected chi connectivity index (χ3v) is 7.63. The molecule has 39 heavy (non-hydrogen) atoms. The normalized spacial score (nSPS) is 25.2. The Morgan fingerprint density at radius 3 is 2.72 bits per heavy atom. The third-order valence-electron chi connectivity index (χ3n) is 5.99. The Morgan fingerprint density at radius 1 is 1.33 bits per heavy atom. The van der Waals surface area contributed by atoms with Gasteiger partial charge in [0, 0.05) is 0 Å². The molecule has 1 aliphatic rings. The van der Waals surface area contributed by atoms with Crippen LogP contribution in [0.15, 0.2) is 36.7 Å². The van der Waals surface area contributed by atoms with Gasteiger partial charge in [-0.05, 0) is 32.9 Å². The fraction of sp³-hybridized carbons (Fsp3) is 0.478. The quantitative estimate of drug-likeness (QED) is 0.190. The Morgan fingerprint density at radius 2 is 2.05 bits per heavy atom. The Kier molecular flexibility index (Phi) is 8.39. The molecule has 0 spiro atoms. The Hall–Kier alpha value is -3.33. The average Bonchev–Trinajstić information content (AvgIpc) is 3.41. The minimum atomic E-state index is -4.23. The molecule has 0 bridgehead atoms. The van der Waals surface area contributed by atoms with E-state index in [-0.39, 0.29) is 35.3 Å². The molecule has 0 saturated carbocycles. The van der Waals surface area contributed by atoms with E-state index in [0.717, 1.165) is 0 Å². The van der Waals surface area contributed by atoms with E-state index >= 15 is 0 Å². The van der Waals surface area contributed by atoms with E-state index in [1.54, 1.807) is 37.3 Å². The number of aliphatic hydroxyl groups is 2. The van der Waals surface area contributed by atoms with Crippen molar-refractivity contribution in [1.82, 2.24) is 24.6 Å². The highest BCUT2D eigenvalue weighted by atomic mass is 31.2. The van der Waals surface area contributed by atoms with Crippen molar-refractivity contribution in [2.75, 3.05) is 26.1 Å². The lowest BCUT2D eigenvalue weighted by atomic mass is 9.96. The average molecular weight is 567 g/mol. The van der Waals surface area contributed by atoms with Gasteiger partial charge in [0.25, 0.3) is 0 Å². The fourth-order valence-corrected chi connectivity index (χ4v) is 5.50. The number of hydrogen-bond acceptors (Lipinski definition) is 13. The highest BCUT2D eigenvalue weighted by Gasteiger charge is 2.54. The molecule has 3 heterocycles. The number of aromatic nitrogens is 4. The van der Waals surface area contributed by atoms with E-state index in [4.69, 9.17) is 29.0 Å². The number of rotatable bonds is 11. The van der Waals surface area contributed by atoms with Gasteiger partial charge in [-0.3, -0.25) is 13.9 Å². The lowest BCUT2D eigenvalue weighted by Crippen LogP contribution is -2.44. The van der Waals surface area contributed by atoms with Gasteiger partial charge in [0.15, 0.2) is 23.2 Å². The molecule has 0 aliphatic carbocycles. The number of fused-ring (bicyclic) bond motifs is 1. The Labute approximate surface area is 223 Å². The number of aliphatic hydroxyl groups excluding tert-OH is 1. The molecule has 15 nitrogen and oxygen atoms in total. The molecule has 0 amide bonds. The summed E-state index contributed by atoms with van der Waals surface area (Å²) in [5, 5.41) is 24.7. The molecule has 1 aliphatic heterocycles. The Bertz CT molecular complexity index is 1350. The van der Waals surface area contributed by atoms with Crippen LogP contribution in [0.25, 0.3) is 11.2 Å². The van der Waals surface area contributed by atoms with Gasteiger partial charge in [-0.1, -0.05) is 18.2 Å². The number of nitrogens with one attached hydrogen (secondary N) is 1. The second-order valence-electron chi connectivity index (χ2n) is 8.92. The van der Waals surface area contributed by atoms with Crippen molar-refractivity contribution in [2.24, 2.45) is 0 Å². The van der Waals surface area contributed by atoms with E-state index in [0.29, 0.717) is 0 Å². The summed E-state index contributed by atoms with van der Waals surface area (Å²) in [6.07, 6.45) is -2.56. The minimum Gasteiger partial charge on any atom is -0.467 e. The number of hydrogen-bond donors (Lipinski definition) is 4. The number of nitrogens with zero attached hydrogens (tertiary/aromatic N) is 4. The number of nitrogens with two attached hydrogens (primary N) is 1. The second-order valence-corrected chi connectivity index (χ2v) is 10.6. The zero-order valence-electron chi connectivity index (χ0n) is 21.8. The lowest BCUT2D eigenvalue weighted by molar-refractivity contribution is -0.144. The molecule has 1 fully saturated rings. The van der Waals surface area contributed by atoms with Crippen LogP contribution in [0, 0.1) is 0 Å². The summed E-state index contributed by atoms with van der Waals surface area (Å²) in [4.78, 5) is 24.6. The maximum atomic E-state index is 13.7. The van der Waals surface area contributed by atoms with E-state index in [2.05, 4.69) is 20.0 Å². The number of anilines is 1. The molecule has 5 N–H and O–H groups in total. The van der Waals surface area contributed by atoms with Crippen LogP contribution in [0.2, 0.25) is 0 Å². The standard InChI is InChI=1S/C23H31N6O9P/c1-5-35-20(31)13(2)28-39(33,38-14-9-7-6-8-10-14)36-11-15-17(30)23(3,32)21(37-15)29-12-25-16-18(24)26-22(34-4)27-19(16)29/h6-10,12-13,15,17,21,30,32H,5,11H2,1-4H3,(H,28,33)(H2,24,26,27)/t13-,15+,17+,21+,23+,39?/m0/s1. The molecule has 1 aromatic carbocycles. The van der Waals surface area contributed by atoms with Crippen molar-refractivity contribution in [3.63, 3.8) is 0 Å². The van der Waals surface area contributed by atoms with Crippen molar-refractivity contribution < 1.29 is 42.8 Å². The number of ether oxygens (including phenoxy) is 3. The van der Waals surface area contributed by atoms with E-state index in [9.17, 15) is 19.6 Å². The maximum Gasteiger partial charge on any atom is 0.459 e. The van der Waals surface area contributed by atoms with E-state index < -0.39 is 50.4 Å². The van der Waals surface area contributed by atoms with E-state index in [1.165, 1.54) is 31.9 Å². The summed E-state index contributed by atoms with van der Waals surface area (Å²) in [6.45, 7) is 4.07. The molecule has 2 aromatic heterocycles. The first-order chi connectivity index (χ1) is 18.5. The SMILES string of the molecule is CCOC(=O)[C@H](C)NP(=O)(OC[C@H]1O[C@@H](n2cnc3c(N)nc(OC)nc32)[C@](C)(O)[C@@H]1O)Oc1ccccc1. The van der Waals surface area contributed by atoms with E-state index in [1.807, 2.05) is 0 Å². The number of para-hydroxylation sites is 1. The number of imidazole rings is 1. The summed E-state index contributed by atoms with van der Waals surface area (Å²) in [6, 6.07) is 7.11. The molecule has 0 radical (unpaired) electrons. The molecular formula is C23H31N6O9P. The van der Waals surface area contributed by atoms with Gasteiger partial charge in [-0.2, -0.15) is 15.1 Å². The van der Waals surface area contributed by atoms with Gasteiger partial charge < -0.3 is 34.7 Å². The van der Waals surface area contributed by atoms with Gasteiger partial charge in [0.1, 0.15) is 29.6 Å². The summed E-state index contributed by atoms with van der Waals surface area (Å²) in [5.74, 6) is -0.408. The summed E-state index contributed by atoms with van der Waals surface area (Å²) in [7, 11) is -2.86. The number of carbonyl (C=O) groups is 1. The predicted molar refractivity (Wildman–Crippen MR) is 137 cm³/mol. The van der Waals surface area contributed by atoms with Crippen LogP contribution in [0.1, 0.15) is 27.0 Å². The third kappa shape index (κ3) is 5.98. The van der Waals surface area contributed by atoms with Gasteiger partial charge in [0.2, 0.25) is 0 Å². The molecular weight excluding hydrogens is 535 g/mol. The van der Waals surface area contributed by atoms with Gasteiger partial charge >= 0.3 is 19.7 Å². The summed E-state index contributed by atoms with van der Waals surface area (Å²) in [5.41, 5.74) is 4.50. The highest BCUT2D eigenvalue weighted by Crippen LogP contribution is 2.47. The maximum absolute atomic E-state index is 13.7. The summed E-state index contributed by atoms with van der Waals surface area (Å²) < 4.78 is 42.3. The molecule has 212 valence electrons. The molecule has 1 unspecified atom stereocenters. The van der Waals surface area contributed by atoms with Crippen LogP contribution in [-0.2, 0) is 23.4 Å².